The second-order valence-corrected chi connectivity index (χ2v) is 8.68. The number of urea groups is 1. The fourth-order valence-corrected chi connectivity index (χ4v) is 4.15. The number of nitrogens with zero attached hydrogens (tertiary/aromatic N) is 1. The standard InChI is InChI=1S/C27H22Cl2N2O6/c1-3-36-20-9-7-19(8-10-20)31-26(33)21(25(32)30-27(31)34)12-17-13-22(29)24(23(14-17)35-2)37-15-16-5-4-6-18(28)11-16/h4-14H,3,15H2,1-2H3,(H,30,32,34)/b21-12+. The summed E-state index contributed by atoms with van der Waals surface area (Å²) in [5.74, 6) is -0.438. The van der Waals surface area contributed by atoms with Crippen LogP contribution in [0.15, 0.2) is 66.2 Å². The molecule has 1 saturated heterocycles. The number of carbonyl (C=O) groups is 3. The van der Waals surface area contributed by atoms with Gasteiger partial charge in [0.25, 0.3) is 11.8 Å². The number of nitrogens with one attached hydrogen (secondary N) is 1. The highest BCUT2D eigenvalue weighted by molar-refractivity contribution is 6.39. The molecule has 0 saturated carbocycles. The molecule has 1 N–H and O–H groups in total. The van der Waals surface area contributed by atoms with Gasteiger partial charge in [0, 0.05) is 5.02 Å². The van der Waals surface area contributed by atoms with Gasteiger partial charge in [0.05, 0.1) is 24.4 Å². The van der Waals surface area contributed by atoms with Gasteiger partial charge < -0.3 is 14.2 Å². The van der Waals surface area contributed by atoms with Gasteiger partial charge in [-0.25, -0.2) is 9.69 Å². The average molecular weight is 541 g/mol. The van der Waals surface area contributed by atoms with Gasteiger partial charge >= 0.3 is 6.03 Å². The molecule has 1 fully saturated rings. The van der Waals surface area contributed by atoms with Gasteiger partial charge in [-0.1, -0.05) is 35.3 Å². The summed E-state index contributed by atoms with van der Waals surface area (Å²) in [6.45, 7) is 2.51. The lowest BCUT2D eigenvalue weighted by Crippen LogP contribution is -2.54. The van der Waals surface area contributed by atoms with Crippen LogP contribution in [-0.2, 0) is 16.2 Å². The summed E-state index contributed by atoms with van der Waals surface area (Å²) < 4.78 is 16.7. The molecule has 3 aromatic carbocycles. The maximum absolute atomic E-state index is 13.2. The molecular weight excluding hydrogens is 519 g/mol. The summed E-state index contributed by atoms with van der Waals surface area (Å²) in [4.78, 5) is 39.1. The van der Waals surface area contributed by atoms with Crippen molar-refractivity contribution < 1.29 is 28.6 Å². The van der Waals surface area contributed by atoms with E-state index in [-0.39, 0.29) is 28.6 Å². The van der Waals surface area contributed by atoms with E-state index in [1.165, 1.54) is 19.3 Å². The fourth-order valence-electron chi connectivity index (χ4n) is 3.66. The molecule has 1 aliphatic rings. The normalized spacial score (nSPS) is 14.5. The van der Waals surface area contributed by atoms with E-state index in [0.29, 0.717) is 28.7 Å². The van der Waals surface area contributed by atoms with Crippen molar-refractivity contribution in [3.63, 3.8) is 0 Å². The van der Waals surface area contributed by atoms with Crippen molar-refractivity contribution in [3.05, 3.63) is 87.4 Å². The van der Waals surface area contributed by atoms with Gasteiger partial charge in [0.2, 0.25) is 0 Å². The van der Waals surface area contributed by atoms with Crippen LogP contribution in [-0.4, -0.2) is 31.6 Å². The highest BCUT2D eigenvalue weighted by atomic mass is 35.5. The first kappa shape index (κ1) is 26.1. The summed E-state index contributed by atoms with van der Waals surface area (Å²) >= 11 is 12.5. The molecule has 37 heavy (non-hydrogen) atoms. The second kappa shape index (κ2) is 11.4. The van der Waals surface area contributed by atoms with Crippen molar-refractivity contribution in [2.24, 2.45) is 0 Å². The number of hydrogen-bond acceptors (Lipinski definition) is 6. The molecule has 0 atom stereocenters. The molecular formula is C27H22Cl2N2O6. The van der Waals surface area contributed by atoms with Crippen molar-refractivity contribution in [3.8, 4) is 17.2 Å². The number of methoxy groups -OCH3 is 1. The number of rotatable bonds is 8. The van der Waals surface area contributed by atoms with Crippen LogP contribution in [0.3, 0.4) is 0 Å². The van der Waals surface area contributed by atoms with E-state index >= 15 is 0 Å². The SMILES string of the molecule is CCOc1ccc(N2C(=O)NC(=O)/C(=C\c3cc(Cl)c(OCc4cccc(Cl)c4)c(OC)c3)C2=O)cc1. The van der Waals surface area contributed by atoms with Gasteiger partial charge in [0.15, 0.2) is 11.5 Å². The van der Waals surface area contributed by atoms with Crippen molar-refractivity contribution >= 4 is 52.8 Å². The van der Waals surface area contributed by atoms with Crippen LogP contribution in [0.25, 0.3) is 6.08 Å². The lowest BCUT2D eigenvalue weighted by molar-refractivity contribution is -0.122. The third-order valence-electron chi connectivity index (χ3n) is 5.34. The summed E-state index contributed by atoms with van der Waals surface area (Å²) in [6.07, 6.45) is 1.33. The Morgan fingerprint density at radius 2 is 1.73 bits per heavy atom. The van der Waals surface area contributed by atoms with Gasteiger partial charge in [-0.2, -0.15) is 0 Å². The Bertz CT molecular complexity index is 1390. The van der Waals surface area contributed by atoms with E-state index in [9.17, 15) is 14.4 Å². The van der Waals surface area contributed by atoms with E-state index in [0.717, 1.165) is 10.5 Å². The van der Waals surface area contributed by atoms with E-state index < -0.39 is 17.8 Å². The first-order valence-corrected chi connectivity index (χ1v) is 12.0. The zero-order valence-electron chi connectivity index (χ0n) is 19.9. The molecule has 0 bridgehead atoms. The van der Waals surface area contributed by atoms with E-state index in [2.05, 4.69) is 5.32 Å². The minimum atomic E-state index is -0.850. The van der Waals surface area contributed by atoms with Crippen LogP contribution in [0.4, 0.5) is 10.5 Å². The Kier molecular flexibility index (Phi) is 8.01. The van der Waals surface area contributed by atoms with Crippen LogP contribution >= 0.6 is 23.2 Å². The highest BCUT2D eigenvalue weighted by Gasteiger charge is 2.37. The molecule has 4 rings (SSSR count). The molecule has 4 amide bonds. The molecule has 8 nitrogen and oxygen atoms in total. The highest BCUT2D eigenvalue weighted by Crippen LogP contribution is 2.38. The quantitative estimate of drug-likeness (QED) is 0.293. The predicted octanol–water partition coefficient (Wildman–Crippen LogP) is 5.65. The first-order chi connectivity index (χ1) is 17.8. The van der Waals surface area contributed by atoms with Crippen molar-refractivity contribution in [1.82, 2.24) is 5.32 Å². The Labute approximate surface area is 223 Å². The van der Waals surface area contributed by atoms with Crippen molar-refractivity contribution in [1.29, 1.82) is 0 Å². The van der Waals surface area contributed by atoms with Crippen LogP contribution in [0.5, 0.6) is 17.2 Å². The predicted molar refractivity (Wildman–Crippen MR) is 140 cm³/mol. The van der Waals surface area contributed by atoms with Gasteiger partial charge in [-0.05, 0) is 72.7 Å². The number of carbonyl (C=O) groups excluding carboxylic acids is 3. The zero-order chi connectivity index (χ0) is 26.5. The number of imide groups is 2. The molecule has 0 radical (unpaired) electrons. The molecule has 10 heteroatoms. The lowest BCUT2D eigenvalue weighted by atomic mass is 10.1. The smallest absolute Gasteiger partial charge is 0.335 e. The second-order valence-electron chi connectivity index (χ2n) is 7.84. The molecule has 3 aromatic rings. The minimum absolute atomic E-state index is 0.192. The zero-order valence-corrected chi connectivity index (χ0v) is 21.4. The van der Waals surface area contributed by atoms with Gasteiger partial charge in [-0.3, -0.25) is 14.9 Å². The van der Waals surface area contributed by atoms with Crippen LogP contribution in [0.2, 0.25) is 10.0 Å². The number of amides is 4. The number of ether oxygens (including phenoxy) is 3. The maximum atomic E-state index is 13.2. The lowest BCUT2D eigenvalue weighted by Gasteiger charge is -2.26. The summed E-state index contributed by atoms with van der Waals surface area (Å²) in [7, 11) is 1.44. The van der Waals surface area contributed by atoms with Crippen LogP contribution < -0.4 is 24.4 Å². The van der Waals surface area contributed by atoms with Gasteiger partial charge in [-0.15, -0.1) is 0 Å². The van der Waals surface area contributed by atoms with E-state index in [1.807, 2.05) is 19.1 Å². The number of hydrogen-bond donors (Lipinski definition) is 1. The van der Waals surface area contributed by atoms with Crippen LogP contribution in [0, 0.1) is 0 Å². The molecule has 0 aromatic heterocycles. The monoisotopic (exact) mass is 540 g/mol. The Morgan fingerprint density at radius 1 is 0.973 bits per heavy atom. The minimum Gasteiger partial charge on any atom is -0.494 e. The third kappa shape index (κ3) is 5.87. The molecule has 0 unspecified atom stereocenters. The molecule has 0 spiro atoms. The van der Waals surface area contributed by atoms with E-state index in [1.54, 1.807) is 42.5 Å². The van der Waals surface area contributed by atoms with Crippen LogP contribution in [0.1, 0.15) is 18.1 Å². The molecule has 1 heterocycles. The summed E-state index contributed by atoms with van der Waals surface area (Å²) in [5.41, 5.74) is 1.26. The topological polar surface area (TPSA) is 94.2 Å². The largest absolute Gasteiger partial charge is 0.494 e. The van der Waals surface area contributed by atoms with Crippen molar-refractivity contribution in [2.45, 2.75) is 13.5 Å². The Balaban J connectivity index is 1.61. The summed E-state index contributed by atoms with van der Waals surface area (Å²) in [5, 5.41) is 2.98. The number of benzene rings is 3. The molecule has 0 aliphatic carbocycles. The fraction of sp³-hybridized carbons (Fsp3) is 0.148. The summed E-state index contributed by atoms with van der Waals surface area (Å²) in [6, 6.07) is 15.8. The number of barbiturate groups is 1. The van der Waals surface area contributed by atoms with Gasteiger partial charge in [0.1, 0.15) is 17.9 Å². The molecule has 1 aliphatic heterocycles. The average Bonchev–Trinajstić information content (AvgIpc) is 2.86. The Morgan fingerprint density at radius 3 is 2.41 bits per heavy atom. The maximum Gasteiger partial charge on any atom is 0.335 e. The molecule has 190 valence electrons. The Hall–Kier alpha value is -4.01. The van der Waals surface area contributed by atoms with Crippen molar-refractivity contribution in [2.75, 3.05) is 18.6 Å². The van der Waals surface area contributed by atoms with E-state index in [4.69, 9.17) is 37.4 Å². The number of halogens is 2. The number of anilines is 1. The third-order valence-corrected chi connectivity index (χ3v) is 5.86. The first-order valence-electron chi connectivity index (χ1n) is 11.2.